The van der Waals surface area contributed by atoms with Crippen molar-refractivity contribution in [2.24, 2.45) is 0 Å². The Morgan fingerprint density at radius 2 is 1.74 bits per heavy atom. The Morgan fingerprint density at radius 1 is 1.04 bits per heavy atom. The van der Waals surface area contributed by atoms with E-state index in [0.29, 0.717) is 17.2 Å². The van der Waals surface area contributed by atoms with Gasteiger partial charge in [-0.2, -0.15) is 0 Å². The van der Waals surface area contributed by atoms with Crippen LogP contribution < -0.4 is 20.1 Å². The number of carbonyl (C=O) groups is 1. The highest BCUT2D eigenvalue weighted by Crippen LogP contribution is 2.29. The van der Waals surface area contributed by atoms with E-state index in [1.807, 2.05) is 0 Å². The van der Waals surface area contributed by atoms with Gasteiger partial charge in [0.1, 0.15) is 5.82 Å². The molecule has 0 aliphatic rings. The van der Waals surface area contributed by atoms with Crippen LogP contribution in [0.2, 0.25) is 0 Å². The third kappa shape index (κ3) is 4.74. The predicted octanol–water partition coefficient (Wildman–Crippen LogP) is 3.64. The molecule has 2 N–H and O–H groups in total. The smallest absolute Gasteiger partial charge is 0.323 e. The lowest BCUT2D eigenvalue weighted by Gasteiger charge is -2.10. The van der Waals surface area contributed by atoms with Crippen LogP contribution in [0, 0.1) is 5.82 Å². The first-order chi connectivity index (χ1) is 11.1. The fourth-order valence-corrected chi connectivity index (χ4v) is 1.87. The monoisotopic (exact) mass is 316 g/mol. The fraction of sp³-hybridized carbons (Fsp3) is 0.118. The maximum absolute atomic E-state index is 12.8. The van der Waals surface area contributed by atoms with E-state index in [9.17, 15) is 9.18 Å². The molecule has 2 aromatic carbocycles. The van der Waals surface area contributed by atoms with E-state index in [-0.39, 0.29) is 5.82 Å². The lowest BCUT2D eigenvalue weighted by Crippen LogP contribution is -2.23. The van der Waals surface area contributed by atoms with Crippen LogP contribution in [0.5, 0.6) is 11.5 Å². The van der Waals surface area contributed by atoms with Gasteiger partial charge in [0.2, 0.25) is 0 Å². The molecule has 23 heavy (non-hydrogen) atoms. The number of urea groups is 1. The van der Waals surface area contributed by atoms with Crippen LogP contribution in [0.3, 0.4) is 0 Å². The number of halogens is 1. The topological polar surface area (TPSA) is 59.6 Å². The number of benzene rings is 2. The Kier molecular flexibility index (Phi) is 5.57. The molecule has 0 heterocycles. The van der Waals surface area contributed by atoms with E-state index < -0.39 is 6.03 Å². The SMILES string of the molecule is COc1ccc(NC(=O)N/C=C/c2ccc(F)cc2)cc1OC. The third-order valence-corrected chi connectivity index (χ3v) is 3.00. The van der Waals surface area contributed by atoms with Gasteiger partial charge in [-0.15, -0.1) is 0 Å². The second-order valence-electron chi connectivity index (χ2n) is 4.55. The van der Waals surface area contributed by atoms with Gasteiger partial charge in [-0.25, -0.2) is 9.18 Å². The second-order valence-corrected chi connectivity index (χ2v) is 4.55. The molecule has 0 aliphatic heterocycles. The van der Waals surface area contributed by atoms with E-state index in [4.69, 9.17) is 9.47 Å². The van der Waals surface area contributed by atoms with Gasteiger partial charge in [-0.1, -0.05) is 12.1 Å². The lowest BCUT2D eigenvalue weighted by molar-refractivity contribution is 0.255. The molecule has 0 spiro atoms. The molecule has 2 amide bonds. The zero-order chi connectivity index (χ0) is 16.7. The number of rotatable bonds is 5. The first-order valence-electron chi connectivity index (χ1n) is 6.84. The number of carbonyl (C=O) groups excluding carboxylic acids is 1. The zero-order valence-corrected chi connectivity index (χ0v) is 12.8. The Bertz CT molecular complexity index is 699. The summed E-state index contributed by atoms with van der Waals surface area (Å²) in [4.78, 5) is 11.8. The second kappa shape index (κ2) is 7.84. The van der Waals surface area contributed by atoms with Crippen LogP contribution in [0.1, 0.15) is 5.56 Å². The highest BCUT2D eigenvalue weighted by atomic mass is 19.1. The van der Waals surface area contributed by atoms with Gasteiger partial charge in [0, 0.05) is 18.0 Å². The van der Waals surface area contributed by atoms with Crippen molar-refractivity contribution in [3.63, 3.8) is 0 Å². The summed E-state index contributed by atoms with van der Waals surface area (Å²) in [5, 5.41) is 5.23. The standard InChI is InChI=1S/C17H17FN2O3/c1-22-15-8-7-14(11-16(15)23-2)20-17(21)19-10-9-12-3-5-13(18)6-4-12/h3-11H,1-2H3,(H2,19,20,21)/b10-9+. The molecule has 0 bridgehead atoms. The van der Waals surface area contributed by atoms with Gasteiger partial charge in [0.15, 0.2) is 11.5 Å². The van der Waals surface area contributed by atoms with E-state index in [2.05, 4.69) is 10.6 Å². The molecule has 5 nitrogen and oxygen atoms in total. The lowest BCUT2D eigenvalue weighted by atomic mass is 10.2. The summed E-state index contributed by atoms with van der Waals surface area (Å²) < 4.78 is 23.1. The van der Waals surface area contributed by atoms with Crippen LogP contribution in [0.25, 0.3) is 6.08 Å². The van der Waals surface area contributed by atoms with Crippen molar-refractivity contribution >= 4 is 17.8 Å². The molecule has 0 saturated heterocycles. The summed E-state index contributed by atoms with van der Waals surface area (Å²) in [7, 11) is 3.06. The van der Waals surface area contributed by atoms with Crippen molar-refractivity contribution in [3.05, 3.63) is 60.0 Å². The Labute approximate surface area is 133 Å². The molecule has 0 unspecified atom stereocenters. The number of methoxy groups -OCH3 is 2. The van der Waals surface area contributed by atoms with Crippen LogP contribution in [0.4, 0.5) is 14.9 Å². The molecular weight excluding hydrogens is 299 g/mol. The van der Waals surface area contributed by atoms with Crippen molar-refractivity contribution in [3.8, 4) is 11.5 Å². The molecule has 0 aromatic heterocycles. The highest BCUT2D eigenvalue weighted by molar-refractivity contribution is 5.90. The summed E-state index contributed by atoms with van der Waals surface area (Å²) >= 11 is 0. The molecule has 6 heteroatoms. The van der Waals surface area contributed by atoms with Gasteiger partial charge in [-0.3, -0.25) is 0 Å². The van der Waals surface area contributed by atoms with Crippen molar-refractivity contribution in [2.45, 2.75) is 0 Å². The van der Waals surface area contributed by atoms with Crippen molar-refractivity contribution in [2.75, 3.05) is 19.5 Å². The average Bonchev–Trinajstić information content (AvgIpc) is 2.56. The van der Waals surface area contributed by atoms with Gasteiger partial charge in [0.25, 0.3) is 0 Å². The van der Waals surface area contributed by atoms with Crippen LogP contribution in [0.15, 0.2) is 48.7 Å². The first kappa shape index (κ1) is 16.4. The molecule has 0 saturated carbocycles. The quantitative estimate of drug-likeness (QED) is 0.885. The van der Waals surface area contributed by atoms with Gasteiger partial charge < -0.3 is 20.1 Å². The maximum atomic E-state index is 12.8. The van der Waals surface area contributed by atoms with E-state index >= 15 is 0 Å². The zero-order valence-electron chi connectivity index (χ0n) is 12.8. The number of hydrogen-bond donors (Lipinski definition) is 2. The fourth-order valence-electron chi connectivity index (χ4n) is 1.87. The highest BCUT2D eigenvalue weighted by Gasteiger charge is 2.06. The van der Waals surface area contributed by atoms with Crippen LogP contribution in [-0.4, -0.2) is 20.3 Å². The van der Waals surface area contributed by atoms with E-state index in [1.54, 1.807) is 36.4 Å². The largest absolute Gasteiger partial charge is 0.493 e. The van der Waals surface area contributed by atoms with E-state index in [1.165, 1.54) is 32.6 Å². The minimum atomic E-state index is -0.407. The summed E-state index contributed by atoms with van der Waals surface area (Å²) in [5.74, 6) is 0.795. The average molecular weight is 316 g/mol. The van der Waals surface area contributed by atoms with E-state index in [0.717, 1.165) is 5.56 Å². The van der Waals surface area contributed by atoms with Crippen molar-refractivity contribution in [1.82, 2.24) is 5.32 Å². The molecule has 0 atom stereocenters. The minimum absolute atomic E-state index is 0.304. The molecule has 0 aliphatic carbocycles. The summed E-state index contributed by atoms with van der Waals surface area (Å²) in [6.07, 6.45) is 3.14. The molecular formula is C17H17FN2O3. The summed E-state index contributed by atoms with van der Waals surface area (Å²) in [6, 6.07) is 10.6. The normalized spacial score (nSPS) is 10.4. The van der Waals surface area contributed by atoms with Crippen molar-refractivity contribution in [1.29, 1.82) is 0 Å². The predicted molar refractivity (Wildman–Crippen MR) is 87.1 cm³/mol. The number of nitrogens with one attached hydrogen (secondary N) is 2. The minimum Gasteiger partial charge on any atom is -0.493 e. The number of amides is 2. The number of hydrogen-bond acceptors (Lipinski definition) is 3. The van der Waals surface area contributed by atoms with Gasteiger partial charge >= 0.3 is 6.03 Å². The van der Waals surface area contributed by atoms with Crippen LogP contribution in [-0.2, 0) is 0 Å². The molecule has 0 fully saturated rings. The Hall–Kier alpha value is -3.02. The molecule has 2 aromatic rings. The van der Waals surface area contributed by atoms with Crippen molar-refractivity contribution < 1.29 is 18.7 Å². The molecule has 120 valence electrons. The van der Waals surface area contributed by atoms with Gasteiger partial charge in [0.05, 0.1) is 14.2 Å². The third-order valence-electron chi connectivity index (χ3n) is 3.00. The Morgan fingerprint density at radius 3 is 2.39 bits per heavy atom. The molecule has 0 radical (unpaired) electrons. The Balaban J connectivity index is 1.93. The number of ether oxygens (including phenoxy) is 2. The van der Waals surface area contributed by atoms with Gasteiger partial charge in [-0.05, 0) is 35.9 Å². The molecule has 2 rings (SSSR count). The number of anilines is 1. The first-order valence-corrected chi connectivity index (χ1v) is 6.84. The summed E-state index contributed by atoms with van der Waals surface area (Å²) in [6.45, 7) is 0. The summed E-state index contributed by atoms with van der Waals surface area (Å²) in [5.41, 5.74) is 1.34. The van der Waals surface area contributed by atoms with Crippen LogP contribution >= 0.6 is 0 Å². The maximum Gasteiger partial charge on any atom is 0.323 e.